The van der Waals surface area contributed by atoms with Crippen molar-refractivity contribution in [3.05, 3.63) is 24.3 Å². The largest absolute Gasteiger partial charge is 0.508 e. The van der Waals surface area contributed by atoms with Crippen molar-refractivity contribution >= 4 is 5.91 Å². The lowest BCUT2D eigenvalue weighted by Crippen LogP contribution is -2.50. The summed E-state index contributed by atoms with van der Waals surface area (Å²) in [4.78, 5) is 16.4. The van der Waals surface area contributed by atoms with Crippen LogP contribution in [0.25, 0.3) is 0 Å². The van der Waals surface area contributed by atoms with Gasteiger partial charge in [-0.2, -0.15) is 0 Å². The highest BCUT2D eigenvalue weighted by Gasteiger charge is 2.21. The van der Waals surface area contributed by atoms with Gasteiger partial charge in [-0.3, -0.25) is 9.69 Å². The van der Waals surface area contributed by atoms with E-state index in [9.17, 15) is 9.90 Å². The Bertz CT molecular complexity index is 451. The minimum atomic E-state index is 0.0206. The monoisotopic (exact) mass is 292 g/mol. The first-order valence-electron chi connectivity index (χ1n) is 7.46. The van der Waals surface area contributed by atoms with Crippen molar-refractivity contribution in [1.82, 2.24) is 9.80 Å². The molecule has 5 nitrogen and oxygen atoms in total. The maximum Gasteiger partial charge on any atom is 0.260 e. The molecule has 1 amide bonds. The zero-order valence-corrected chi connectivity index (χ0v) is 12.8. The first-order valence-corrected chi connectivity index (χ1v) is 7.46. The number of phenols is 1. The van der Waals surface area contributed by atoms with E-state index >= 15 is 0 Å². The van der Waals surface area contributed by atoms with E-state index in [0.29, 0.717) is 11.7 Å². The number of amides is 1. The number of carbonyl (C=O) groups excluding carboxylic acids is 1. The smallest absolute Gasteiger partial charge is 0.260 e. The van der Waals surface area contributed by atoms with Crippen molar-refractivity contribution in [1.29, 1.82) is 0 Å². The maximum atomic E-state index is 12.1. The fourth-order valence-corrected chi connectivity index (χ4v) is 2.47. The molecule has 0 radical (unpaired) electrons. The van der Waals surface area contributed by atoms with E-state index in [4.69, 9.17) is 4.74 Å². The third kappa shape index (κ3) is 4.93. The molecule has 1 aliphatic rings. The van der Waals surface area contributed by atoms with Crippen molar-refractivity contribution in [3.8, 4) is 11.5 Å². The second-order valence-corrected chi connectivity index (χ2v) is 5.86. The predicted molar refractivity (Wildman–Crippen MR) is 81.5 cm³/mol. The molecule has 0 aliphatic carbocycles. The summed E-state index contributed by atoms with van der Waals surface area (Å²) in [6.07, 6.45) is 0. The zero-order chi connectivity index (χ0) is 15.2. The van der Waals surface area contributed by atoms with Crippen LogP contribution < -0.4 is 4.74 Å². The summed E-state index contributed by atoms with van der Waals surface area (Å²) < 4.78 is 5.45. The number of carbonyl (C=O) groups is 1. The van der Waals surface area contributed by atoms with Crippen LogP contribution >= 0.6 is 0 Å². The van der Waals surface area contributed by atoms with Crippen LogP contribution in [0.4, 0.5) is 0 Å². The van der Waals surface area contributed by atoms with Crippen molar-refractivity contribution in [2.24, 2.45) is 5.92 Å². The third-order valence-electron chi connectivity index (χ3n) is 3.55. The van der Waals surface area contributed by atoms with Crippen molar-refractivity contribution in [3.63, 3.8) is 0 Å². The molecule has 1 aromatic rings. The van der Waals surface area contributed by atoms with E-state index in [1.807, 2.05) is 4.90 Å². The summed E-state index contributed by atoms with van der Waals surface area (Å²) in [6.45, 7) is 8.97. The Morgan fingerprint density at radius 2 is 1.81 bits per heavy atom. The van der Waals surface area contributed by atoms with Crippen LogP contribution in [-0.4, -0.2) is 60.1 Å². The quantitative estimate of drug-likeness (QED) is 0.895. The number of hydrogen-bond acceptors (Lipinski definition) is 4. The number of hydrogen-bond donors (Lipinski definition) is 1. The molecule has 0 unspecified atom stereocenters. The van der Waals surface area contributed by atoms with Gasteiger partial charge in [0, 0.05) is 32.7 Å². The number of nitrogens with zero attached hydrogens (tertiary/aromatic N) is 2. The fourth-order valence-electron chi connectivity index (χ4n) is 2.47. The Labute approximate surface area is 126 Å². The Kier molecular flexibility index (Phi) is 5.44. The maximum absolute atomic E-state index is 12.1. The number of ether oxygens (including phenoxy) is 1. The van der Waals surface area contributed by atoms with Gasteiger partial charge in [0.25, 0.3) is 5.91 Å². The second kappa shape index (κ2) is 7.31. The molecular weight excluding hydrogens is 268 g/mol. The molecule has 21 heavy (non-hydrogen) atoms. The standard InChI is InChI=1S/C16H24N2O3/c1-13(2)11-17-7-9-18(10-8-17)16(20)12-21-15-5-3-14(19)4-6-15/h3-6,13,19H,7-12H2,1-2H3. The van der Waals surface area contributed by atoms with Gasteiger partial charge in [-0.1, -0.05) is 13.8 Å². The van der Waals surface area contributed by atoms with Crippen LogP contribution in [0.15, 0.2) is 24.3 Å². The fraction of sp³-hybridized carbons (Fsp3) is 0.562. The van der Waals surface area contributed by atoms with Crippen LogP contribution in [0.1, 0.15) is 13.8 Å². The summed E-state index contributed by atoms with van der Waals surface area (Å²) in [5.41, 5.74) is 0. The van der Waals surface area contributed by atoms with Gasteiger partial charge in [0.1, 0.15) is 11.5 Å². The van der Waals surface area contributed by atoms with Crippen molar-refractivity contribution in [2.45, 2.75) is 13.8 Å². The van der Waals surface area contributed by atoms with Gasteiger partial charge in [-0.25, -0.2) is 0 Å². The molecule has 1 N–H and O–H groups in total. The topological polar surface area (TPSA) is 53.0 Å². The molecule has 1 aromatic carbocycles. The van der Waals surface area contributed by atoms with Gasteiger partial charge in [0.2, 0.25) is 0 Å². The van der Waals surface area contributed by atoms with E-state index in [0.717, 1.165) is 32.7 Å². The lowest BCUT2D eigenvalue weighted by atomic mass is 10.2. The van der Waals surface area contributed by atoms with Gasteiger partial charge in [0.15, 0.2) is 6.61 Å². The molecule has 1 saturated heterocycles. The minimum absolute atomic E-state index is 0.0206. The van der Waals surface area contributed by atoms with E-state index in [1.165, 1.54) is 0 Å². The highest BCUT2D eigenvalue weighted by molar-refractivity contribution is 5.77. The van der Waals surface area contributed by atoms with E-state index in [2.05, 4.69) is 18.7 Å². The van der Waals surface area contributed by atoms with Crippen molar-refractivity contribution < 1.29 is 14.6 Å². The van der Waals surface area contributed by atoms with Crippen LogP contribution in [0.3, 0.4) is 0 Å². The zero-order valence-electron chi connectivity index (χ0n) is 12.8. The first-order chi connectivity index (χ1) is 10.0. The molecule has 1 fully saturated rings. The highest BCUT2D eigenvalue weighted by atomic mass is 16.5. The second-order valence-electron chi connectivity index (χ2n) is 5.86. The van der Waals surface area contributed by atoms with Gasteiger partial charge in [-0.15, -0.1) is 0 Å². The SMILES string of the molecule is CC(C)CN1CCN(C(=O)COc2ccc(O)cc2)CC1. The molecule has 5 heteroatoms. The highest BCUT2D eigenvalue weighted by Crippen LogP contribution is 2.16. The predicted octanol–water partition coefficient (Wildman–Crippen LogP) is 1.57. The molecule has 1 aliphatic heterocycles. The van der Waals surface area contributed by atoms with E-state index in [-0.39, 0.29) is 18.3 Å². The first kappa shape index (κ1) is 15.6. The van der Waals surface area contributed by atoms with Crippen LogP contribution in [0.2, 0.25) is 0 Å². The average molecular weight is 292 g/mol. The Balaban J connectivity index is 1.73. The number of benzene rings is 1. The average Bonchev–Trinajstić information content (AvgIpc) is 2.46. The Morgan fingerprint density at radius 3 is 2.38 bits per heavy atom. The summed E-state index contributed by atoms with van der Waals surface area (Å²) in [5.74, 6) is 1.46. The summed E-state index contributed by atoms with van der Waals surface area (Å²) in [5, 5.41) is 9.19. The van der Waals surface area contributed by atoms with Gasteiger partial charge in [0.05, 0.1) is 0 Å². The molecule has 0 bridgehead atoms. The molecule has 2 rings (SSSR count). The van der Waals surface area contributed by atoms with Crippen LogP contribution in [0, 0.1) is 5.92 Å². The van der Waals surface area contributed by atoms with Crippen LogP contribution in [0.5, 0.6) is 11.5 Å². The lowest BCUT2D eigenvalue weighted by Gasteiger charge is -2.35. The molecule has 0 spiro atoms. The molecule has 0 saturated carbocycles. The molecule has 0 aromatic heterocycles. The molecule has 116 valence electrons. The molecule has 0 atom stereocenters. The number of aromatic hydroxyl groups is 1. The van der Waals surface area contributed by atoms with Crippen molar-refractivity contribution in [2.75, 3.05) is 39.3 Å². The summed E-state index contributed by atoms with van der Waals surface area (Å²) in [6, 6.07) is 6.40. The number of rotatable bonds is 5. The van der Waals surface area contributed by atoms with Crippen LogP contribution in [-0.2, 0) is 4.79 Å². The summed E-state index contributed by atoms with van der Waals surface area (Å²) in [7, 11) is 0. The van der Waals surface area contributed by atoms with Gasteiger partial charge >= 0.3 is 0 Å². The lowest BCUT2D eigenvalue weighted by molar-refractivity contribution is -0.135. The minimum Gasteiger partial charge on any atom is -0.508 e. The number of phenolic OH excluding ortho intramolecular Hbond substituents is 1. The van der Waals surface area contributed by atoms with E-state index < -0.39 is 0 Å². The summed E-state index contributed by atoms with van der Waals surface area (Å²) >= 11 is 0. The van der Waals surface area contributed by atoms with E-state index in [1.54, 1.807) is 24.3 Å². The van der Waals surface area contributed by atoms with Gasteiger partial charge < -0.3 is 14.7 Å². The van der Waals surface area contributed by atoms with Gasteiger partial charge in [-0.05, 0) is 30.2 Å². The molecule has 1 heterocycles. The molecular formula is C16H24N2O3. The third-order valence-corrected chi connectivity index (χ3v) is 3.55. The normalized spacial score (nSPS) is 16.2. The number of piperazine rings is 1. The Morgan fingerprint density at radius 1 is 1.19 bits per heavy atom. The Hall–Kier alpha value is -1.75.